The molecule has 2 N–H and O–H groups in total. The van der Waals surface area contributed by atoms with Crippen LogP contribution < -0.4 is 5.32 Å². The Morgan fingerprint density at radius 3 is 2.57 bits per heavy atom. The van der Waals surface area contributed by atoms with Crippen molar-refractivity contribution in [3.63, 3.8) is 0 Å². The third kappa shape index (κ3) is 5.71. The fourth-order valence-electron chi connectivity index (χ4n) is 1.79. The molecule has 0 radical (unpaired) electrons. The van der Waals surface area contributed by atoms with Gasteiger partial charge in [-0.15, -0.1) is 11.3 Å². The van der Waals surface area contributed by atoms with E-state index in [0.29, 0.717) is 6.54 Å². The molecule has 7 heteroatoms. The minimum Gasteiger partial charge on any atom is -0.481 e. The number of aliphatic carboxylic acids is 1. The number of aromatic nitrogens is 1. The van der Waals surface area contributed by atoms with Crippen LogP contribution in [0.1, 0.15) is 44.0 Å². The van der Waals surface area contributed by atoms with Gasteiger partial charge in [-0.1, -0.05) is 6.92 Å². The molecule has 21 heavy (non-hydrogen) atoms. The number of nitrogens with zero attached hydrogens (tertiary/aromatic N) is 2. The molecule has 0 fully saturated rings. The largest absolute Gasteiger partial charge is 0.481 e. The Morgan fingerprint density at radius 2 is 2.10 bits per heavy atom. The molecule has 0 atom stereocenters. The number of carboxylic acid groups (broad SMARTS) is 1. The molecule has 1 heterocycles. The third-order valence-corrected chi connectivity index (χ3v) is 4.09. The summed E-state index contributed by atoms with van der Waals surface area (Å²) >= 11 is 1.57. The van der Waals surface area contributed by atoms with Crippen molar-refractivity contribution >= 4 is 23.3 Å². The van der Waals surface area contributed by atoms with E-state index < -0.39 is 11.5 Å². The molecule has 0 aliphatic carbocycles. The van der Waals surface area contributed by atoms with Gasteiger partial charge in [0, 0.05) is 23.2 Å². The van der Waals surface area contributed by atoms with Crippen molar-refractivity contribution in [2.45, 2.75) is 52.6 Å². The van der Waals surface area contributed by atoms with Crippen molar-refractivity contribution < 1.29 is 14.7 Å². The first-order valence-corrected chi connectivity index (χ1v) is 7.76. The molecule has 0 saturated carbocycles. The van der Waals surface area contributed by atoms with Crippen LogP contribution >= 0.6 is 11.3 Å². The van der Waals surface area contributed by atoms with E-state index in [9.17, 15) is 9.59 Å². The van der Waals surface area contributed by atoms with Gasteiger partial charge in [0.1, 0.15) is 5.01 Å². The molecule has 0 spiro atoms. The number of hydrogen-bond donors (Lipinski definition) is 2. The third-order valence-electron chi connectivity index (χ3n) is 2.94. The minimum atomic E-state index is -0.912. The second kappa shape index (κ2) is 7.40. The van der Waals surface area contributed by atoms with Gasteiger partial charge in [-0.05, 0) is 27.2 Å². The maximum Gasteiger partial charge on any atom is 0.318 e. The van der Waals surface area contributed by atoms with Gasteiger partial charge in [0.2, 0.25) is 0 Å². The minimum absolute atomic E-state index is 0.0675. The lowest BCUT2D eigenvalue weighted by Crippen LogP contribution is -2.50. The number of aryl methyl sites for hydroxylation is 1. The van der Waals surface area contributed by atoms with Crippen molar-refractivity contribution in [3.05, 3.63) is 16.1 Å². The highest BCUT2D eigenvalue weighted by atomic mass is 32.1. The van der Waals surface area contributed by atoms with E-state index in [2.05, 4.69) is 17.2 Å². The van der Waals surface area contributed by atoms with Gasteiger partial charge in [-0.25, -0.2) is 9.78 Å². The Morgan fingerprint density at radius 1 is 1.43 bits per heavy atom. The number of hydrogen-bond acceptors (Lipinski definition) is 4. The van der Waals surface area contributed by atoms with E-state index in [1.807, 2.05) is 27.0 Å². The summed E-state index contributed by atoms with van der Waals surface area (Å²) in [5.41, 5.74) is -0.434. The van der Waals surface area contributed by atoms with Crippen molar-refractivity contribution in [2.75, 3.05) is 6.54 Å². The first kappa shape index (κ1) is 17.4. The highest BCUT2D eigenvalue weighted by molar-refractivity contribution is 7.11. The number of carbonyl (C=O) groups excluding carboxylic acids is 1. The number of carboxylic acids is 1. The van der Waals surface area contributed by atoms with Crippen LogP contribution in [0.15, 0.2) is 6.20 Å². The van der Waals surface area contributed by atoms with Gasteiger partial charge in [0.05, 0.1) is 13.0 Å². The Bertz CT molecular complexity index is 494. The summed E-state index contributed by atoms with van der Waals surface area (Å²) in [6.45, 7) is 8.25. The Balaban J connectivity index is 2.61. The lowest BCUT2D eigenvalue weighted by Gasteiger charge is -2.35. The van der Waals surface area contributed by atoms with E-state index in [-0.39, 0.29) is 19.0 Å². The summed E-state index contributed by atoms with van der Waals surface area (Å²) in [6, 6.07) is -0.267. The quantitative estimate of drug-likeness (QED) is 0.845. The predicted molar refractivity (Wildman–Crippen MR) is 82.4 cm³/mol. The topological polar surface area (TPSA) is 82.5 Å². The number of carbonyl (C=O) groups is 2. The molecule has 1 rings (SSSR count). The smallest absolute Gasteiger partial charge is 0.318 e. The van der Waals surface area contributed by atoms with E-state index in [1.165, 1.54) is 9.78 Å². The van der Waals surface area contributed by atoms with Crippen molar-refractivity contribution in [3.8, 4) is 0 Å². The fraction of sp³-hybridized carbons (Fsp3) is 0.643. The number of nitrogens with one attached hydrogen (secondary N) is 1. The van der Waals surface area contributed by atoms with Crippen LogP contribution in [-0.4, -0.2) is 39.1 Å². The van der Waals surface area contributed by atoms with E-state index >= 15 is 0 Å². The summed E-state index contributed by atoms with van der Waals surface area (Å²) in [5, 5.41) is 12.4. The maximum absolute atomic E-state index is 12.3. The molecular formula is C14H23N3O3S. The highest BCUT2D eigenvalue weighted by Crippen LogP contribution is 2.16. The van der Waals surface area contributed by atoms with Crippen LogP contribution in [0.3, 0.4) is 0 Å². The van der Waals surface area contributed by atoms with Gasteiger partial charge < -0.3 is 15.3 Å². The fourth-order valence-corrected chi connectivity index (χ4v) is 2.59. The number of urea groups is 1. The molecule has 0 unspecified atom stereocenters. The molecule has 118 valence electrons. The second-order valence-electron chi connectivity index (χ2n) is 5.70. The van der Waals surface area contributed by atoms with Crippen LogP contribution in [0.2, 0.25) is 0 Å². The molecule has 0 aliphatic rings. The number of amides is 2. The highest BCUT2D eigenvalue weighted by Gasteiger charge is 2.26. The summed E-state index contributed by atoms with van der Waals surface area (Å²) in [5.74, 6) is -0.912. The van der Waals surface area contributed by atoms with Gasteiger partial charge in [0.15, 0.2) is 0 Å². The molecule has 0 aliphatic heterocycles. The molecular weight excluding hydrogens is 290 g/mol. The predicted octanol–water partition coefficient (Wildman–Crippen LogP) is 2.49. The summed E-state index contributed by atoms with van der Waals surface area (Å²) in [6.07, 6.45) is 2.68. The molecule has 1 aromatic heterocycles. The first-order chi connectivity index (χ1) is 9.74. The average Bonchev–Trinajstić information content (AvgIpc) is 2.82. The van der Waals surface area contributed by atoms with E-state index in [4.69, 9.17) is 5.11 Å². The zero-order chi connectivity index (χ0) is 16.0. The monoisotopic (exact) mass is 313 g/mol. The molecule has 0 aromatic carbocycles. The second-order valence-corrected chi connectivity index (χ2v) is 6.90. The van der Waals surface area contributed by atoms with Crippen LogP contribution in [-0.2, 0) is 17.8 Å². The molecule has 1 aromatic rings. The summed E-state index contributed by atoms with van der Waals surface area (Å²) in [7, 11) is 0. The van der Waals surface area contributed by atoms with Crippen LogP contribution in [0.25, 0.3) is 0 Å². The number of thiazole rings is 1. The maximum atomic E-state index is 12.3. The van der Waals surface area contributed by atoms with Gasteiger partial charge >= 0.3 is 12.0 Å². The lowest BCUT2D eigenvalue weighted by molar-refractivity contribution is -0.137. The van der Waals surface area contributed by atoms with Gasteiger partial charge in [0.25, 0.3) is 0 Å². The SMILES string of the molecule is CCc1cnc(CNC(=O)N(CCC(=O)O)C(C)(C)C)s1. The molecule has 0 bridgehead atoms. The van der Waals surface area contributed by atoms with E-state index in [1.54, 1.807) is 11.3 Å². The first-order valence-electron chi connectivity index (χ1n) is 6.95. The Kier molecular flexibility index (Phi) is 6.14. The summed E-state index contributed by atoms with van der Waals surface area (Å²) in [4.78, 5) is 29.9. The number of rotatable bonds is 6. The average molecular weight is 313 g/mol. The van der Waals surface area contributed by atoms with Crippen molar-refractivity contribution in [2.24, 2.45) is 0 Å². The van der Waals surface area contributed by atoms with Crippen molar-refractivity contribution in [1.29, 1.82) is 0 Å². The lowest BCUT2D eigenvalue weighted by atomic mass is 10.1. The molecule has 6 nitrogen and oxygen atoms in total. The van der Waals surface area contributed by atoms with E-state index in [0.717, 1.165) is 11.4 Å². The zero-order valence-electron chi connectivity index (χ0n) is 13.0. The molecule has 2 amide bonds. The Labute approximate surface area is 129 Å². The Hall–Kier alpha value is -1.63. The standard InChI is InChI=1S/C14H23N3O3S/c1-5-10-8-15-11(21-10)9-16-13(20)17(14(2,3)4)7-6-12(18)19/h8H,5-7,9H2,1-4H3,(H,16,20)(H,18,19). The zero-order valence-corrected chi connectivity index (χ0v) is 13.8. The van der Waals surface area contributed by atoms with Crippen LogP contribution in [0.5, 0.6) is 0 Å². The van der Waals surface area contributed by atoms with Crippen LogP contribution in [0.4, 0.5) is 4.79 Å². The van der Waals surface area contributed by atoms with Gasteiger partial charge in [-0.3, -0.25) is 4.79 Å². The van der Waals surface area contributed by atoms with Crippen LogP contribution in [0, 0.1) is 0 Å². The van der Waals surface area contributed by atoms with Gasteiger partial charge in [-0.2, -0.15) is 0 Å². The van der Waals surface area contributed by atoms with Crippen molar-refractivity contribution in [1.82, 2.24) is 15.2 Å². The molecule has 0 saturated heterocycles. The normalized spacial score (nSPS) is 11.2. The summed E-state index contributed by atoms with van der Waals surface area (Å²) < 4.78 is 0.